The molecule has 2 heterocycles. The maximum atomic E-state index is 5.80. The molecule has 0 N–H and O–H groups in total. The van der Waals surface area contributed by atoms with Gasteiger partial charge in [0.15, 0.2) is 0 Å². The minimum atomic E-state index is 0.574. The predicted octanol–water partition coefficient (Wildman–Crippen LogP) is 2.29. The number of unbranched alkanes of at least 4 members (excludes halogenated alkanes) is 2. The zero-order chi connectivity index (χ0) is 9.80. The normalized spacial score (nSPS) is 33.2. The van der Waals surface area contributed by atoms with Crippen LogP contribution in [0.2, 0.25) is 0 Å². The highest BCUT2D eigenvalue weighted by Gasteiger charge is 2.34. The van der Waals surface area contributed by atoms with Crippen LogP contribution in [0.5, 0.6) is 0 Å². The summed E-state index contributed by atoms with van der Waals surface area (Å²) in [4.78, 5) is 2.61. The first-order valence-electron chi connectivity index (χ1n) is 6.24. The fourth-order valence-corrected chi connectivity index (χ4v) is 2.74. The van der Waals surface area contributed by atoms with Crippen molar-refractivity contribution < 1.29 is 4.74 Å². The van der Waals surface area contributed by atoms with Gasteiger partial charge in [0.1, 0.15) is 0 Å². The lowest BCUT2D eigenvalue weighted by Gasteiger charge is -2.24. The molecule has 0 saturated carbocycles. The summed E-state index contributed by atoms with van der Waals surface area (Å²) in [6.07, 6.45) is 7.34. The van der Waals surface area contributed by atoms with E-state index in [1.54, 1.807) is 0 Å². The average Bonchev–Trinajstić information content (AvgIpc) is 2.60. The molecule has 0 spiro atoms. The van der Waals surface area contributed by atoms with Crippen molar-refractivity contribution in [2.24, 2.45) is 5.92 Å². The maximum absolute atomic E-state index is 5.80. The molecule has 2 heteroatoms. The standard InChI is InChI=1S/C12H23NO/c1-2-3-4-7-13-9-11-6-5-8-14-12(11)10-13/h11-12H,2-10H2,1H3. The molecular weight excluding hydrogens is 174 g/mol. The molecule has 2 unspecified atom stereocenters. The number of rotatable bonds is 4. The highest BCUT2D eigenvalue weighted by atomic mass is 16.5. The number of hydrogen-bond donors (Lipinski definition) is 0. The van der Waals surface area contributed by atoms with Crippen LogP contribution >= 0.6 is 0 Å². The zero-order valence-corrected chi connectivity index (χ0v) is 9.37. The van der Waals surface area contributed by atoms with Crippen molar-refractivity contribution in [2.75, 3.05) is 26.2 Å². The van der Waals surface area contributed by atoms with Crippen LogP contribution in [0, 0.1) is 5.92 Å². The lowest BCUT2D eigenvalue weighted by molar-refractivity contribution is -0.00109. The van der Waals surface area contributed by atoms with Gasteiger partial charge in [-0.15, -0.1) is 0 Å². The third kappa shape index (κ3) is 2.48. The van der Waals surface area contributed by atoms with E-state index in [1.807, 2.05) is 0 Å². The minimum absolute atomic E-state index is 0.574. The van der Waals surface area contributed by atoms with Gasteiger partial charge in [0.05, 0.1) is 6.10 Å². The van der Waals surface area contributed by atoms with E-state index < -0.39 is 0 Å². The molecule has 2 saturated heterocycles. The fourth-order valence-electron chi connectivity index (χ4n) is 2.74. The van der Waals surface area contributed by atoms with Crippen LogP contribution in [0.25, 0.3) is 0 Å². The number of nitrogens with zero attached hydrogens (tertiary/aromatic N) is 1. The molecule has 0 radical (unpaired) electrons. The highest BCUT2D eigenvalue weighted by Crippen LogP contribution is 2.28. The molecule has 0 aromatic rings. The second-order valence-corrected chi connectivity index (χ2v) is 4.78. The zero-order valence-electron chi connectivity index (χ0n) is 9.37. The Kier molecular flexibility index (Phi) is 3.82. The van der Waals surface area contributed by atoms with E-state index >= 15 is 0 Å². The second kappa shape index (κ2) is 5.13. The van der Waals surface area contributed by atoms with Crippen molar-refractivity contribution in [3.8, 4) is 0 Å². The van der Waals surface area contributed by atoms with E-state index in [1.165, 1.54) is 51.7 Å². The van der Waals surface area contributed by atoms with Crippen molar-refractivity contribution in [1.29, 1.82) is 0 Å². The monoisotopic (exact) mass is 197 g/mol. The van der Waals surface area contributed by atoms with Gasteiger partial charge in [0.25, 0.3) is 0 Å². The van der Waals surface area contributed by atoms with E-state index in [9.17, 15) is 0 Å². The topological polar surface area (TPSA) is 12.5 Å². The van der Waals surface area contributed by atoms with E-state index in [2.05, 4.69) is 11.8 Å². The molecule has 2 aliphatic heterocycles. The summed E-state index contributed by atoms with van der Waals surface area (Å²) in [5.41, 5.74) is 0. The van der Waals surface area contributed by atoms with Crippen LogP contribution in [0.15, 0.2) is 0 Å². The molecule has 0 aromatic heterocycles. The largest absolute Gasteiger partial charge is 0.377 e. The van der Waals surface area contributed by atoms with Gasteiger partial charge >= 0.3 is 0 Å². The van der Waals surface area contributed by atoms with Crippen molar-refractivity contribution in [3.05, 3.63) is 0 Å². The molecule has 0 bridgehead atoms. The summed E-state index contributed by atoms with van der Waals surface area (Å²) in [6, 6.07) is 0. The summed E-state index contributed by atoms with van der Waals surface area (Å²) in [7, 11) is 0. The van der Waals surface area contributed by atoms with Crippen molar-refractivity contribution in [1.82, 2.24) is 4.90 Å². The molecule has 14 heavy (non-hydrogen) atoms. The smallest absolute Gasteiger partial charge is 0.0742 e. The van der Waals surface area contributed by atoms with Crippen LogP contribution in [0.4, 0.5) is 0 Å². The molecule has 2 nitrogen and oxygen atoms in total. The van der Waals surface area contributed by atoms with Crippen LogP contribution < -0.4 is 0 Å². The SMILES string of the molecule is CCCCCN1CC2CCCOC2C1. The Labute approximate surface area is 87.6 Å². The average molecular weight is 197 g/mol. The molecule has 0 aliphatic carbocycles. The summed E-state index contributed by atoms with van der Waals surface area (Å²) < 4.78 is 5.80. The van der Waals surface area contributed by atoms with E-state index in [0.29, 0.717) is 6.10 Å². The van der Waals surface area contributed by atoms with Gasteiger partial charge in [0, 0.05) is 19.7 Å². The van der Waals surface area contributed by atoms with Gasteiger partial charge in [0.2, 0.25) is 0 Å². The molecular formula is C12H23NO. The van der Waals surface area contributed by atoms with Crippen molar-refractivity contribution in [2.45, 2.75) is 45.1 Å². The third-order valence-electron chi connectivity index (χ3n) is 3.59. The molecule has 2 fully saturated rings. The first kappa shape index (κ1) is 10.4. The van der Waals surface area contributed by atoms with Gasteiger partial charge in [-0.2, -0.15) is 0 Å². The first-order chi connectivity index (χ1) is 6.90. The van der Waals surface area contributed by atoms with Crippen LogP contribution in [0.1, 0.15) is 39.0 Å². The Balaban J connectivity index is 1.70. The van der Waals surface area contributed by atoms with E-state index in [0.717, 1.165) is 12.5 Å². The van der Waals surface area contributed by atoms with Crippen LogP contribution in [-0.4, -0.2) is 37.2 Å². The fraction of sp³-hybridized carbons (Fsp3) is 1.00. The second-order valence-electron chi connectivity index (χ2n) is 4.78. The summed E-state index contributed by atoms with van der Waals surface area (Å²) >= 11 is 0. The predicted molar refractivity (Wildman–Crippen MR) is 58.4 cm³/mol. The Morgan fingerprint density at radius 2 is 2.21 bits per heavy atom. The van der Waals surface area contributed by atoms with Crippen LogP contribution in [-0.2, 0) is 4.74 Å². The Hall–Kier alpha value is -0.0800. The third-order valence-corrected chi connectivity index (χ3v) is 3.59. The molecule has 2 atom stereocenters. The van der Waals surface area contributed by atoms with Crippen molar-refractivity contribution >= 4 is 0 Å². The van der Waals surface area contributed by atoms with Crippen LogP contribution in [0.3, 0.4) is 0 Å². The molecule has 2 rings (SSSR count). The van der Waals surface area contributed by atoms with Gasteiger partial charge in [-0.25, -0.2) is 0 Å². The summed E-state index contributed by atoms with van der Waals surface area (Å²) in [6.45, 7) is 7.07. The molecule has 0 amide bonds. The van der Waals surface area contributed by atoms with Gasteiger partial charge in [-0.05, 0) is 31.7 Å². The number of fused-ring (bicyclic) bond motifs is 1. The summed E-state index contributed by atoms with van der Waals surface area (Å²) in [5, 5.41) is 0. The molecule has 2 aliphatic rings. The van der Waals surface area contributed by atoms with Crippen molar-refractivity contribution in [3.63, 3.8) is 0 Å². The molecule has 0 aromatic carbocycles. The van der Waals surface area contributed by atoms with Gasteiger partial charge in [-0.3, -0.25) is 0 Å². The highest BCUT2D eigenvalue weighted by molar-refractivity contribution is 4.86. The van der Waals surface area contributed by atoms with E-state index in [-0.39, 0.29) is 0 Å². The van der Waals surface area contributed by atoms with Gasteiger partial charge in [-0.1, -0.05) is 19.8 Å². The minimum Gasteiger partial charge on any atom is -0.377 e. The lowest BCUT2D eigenvalue weighted by Crippen LogP contribution is -2.28. The quantitative estimate of drug-likeness (QED) is 0.641. The Morgan fingerprint density at radius 1 is 1.29 bits per heavy atom. The lowest BCUT2D eigenvalue weighted by atomic mass is 9.98. The Bertz CT molecular complexity index is 158. The number of ether oxygens (including phenoxy) is 1. The number of likely N-dealkylation sites (tertiary alicyclic amines) is 1. The van der Waals surface area contributed by atoms with Gasteiger partial charge < -0.3 is 9.64 Å². The Morgan fingerprint density at radius 3 is 3.00 bits per heavy atom. The number of hydrogen-bond acceptors (Lipinski definition) is 2. The summed E-state index contributed by atoms with van der Waals surface area (Å²) in [5.74, 6) is 0.852. The maximum Gasteiger partial charge on any atom is 0.0742 e. The molecule has 82 valence electrons. The first-order valence-corrected chi connectivity index (χ1v) is 6.24. The van der Waals surface area contributed by atoms with E-state index in [4.69, 9.17) is 4.74 Å².